The standard InChI is InChI=1S/C22H30FN3O2/c1-5-24-22(25-11-10-18-12-16(2)6-9-21(18)28-4)26-14-17-7-8-20(23)19(13-17)15-27-3/h6-9,12-13H,5,10-11,14-15H2,1-4H3,(H2,24,25,26). The van der Waals surface area contributed by atoms with Crippen LogP contribution in [0.5, 0.6) is 5.75 Å². The number of methoxy groups -OCH3 is 2. The minimum absolute atomic E-state index is 0.250. The van der Waals surface area contributed by atoms with Crippen LogP contribution in [-0.2, 0) is 24.3 Å². The quantitative estimate of drug-likeness (QED) is 0.510. The van der Waals surface area contributed by atoms with Crippen LogP contribution in [0.4, 0.5) is 4.39 Å². The normalized spacial score (nSPS) is 11.4. The van der Waals surface area contributed by atoms with E-state index in [-0.39, 0.29) is 12.4 Å². The number of benzene rings is 2. The second kappa shape index (κ2) is 11.3. The Morgan fingerprint density at radius 3 is 2.61 bits per heavy atom. The van der Waals surface area contributed by atoms with Crippen molar-refractivity contribution in [3.05, 3.63) is 64.5 Å². The van der Waals surface area contributed by atoms with Crippen molar-refractivity contribution in [2.24, 2.45) is 4.99 Å². The number of nitrogens with one attached hydrogen (secondary N) is 2. The van der Waals surface area contributed by atoms with Gasteiger partial charge in [0.25, 0.3) is 0 Å². The number of hydrogen-bond donors (Lipinski definition) is 2. The molecule has 6 heteroatoms. The molecule has 2 N–H and O–H groups in total. The maximum atomic E-state index is 13.7. The van der Waals surface area contributed by atoms with E-state index in [2.05, 4.69) is 28.6 Å². The number of rotatable bonds is 9. The first-order valence-corrected chi connectivity index (χ1v) is 9.49. The summed E-state index contributed by atoms with van der Waals surface area (Å²) in [6.45, 7) is 6.29. The second-order valence-corrected chi connectivity index (χ2v) is 6.55. The third-order valence-corrected chi connectivity index (χ3v) is 4.30. The zero-order valence-electron chi connectivity index (χ0n) is 17.1. The monoisotopic (exact) mass is 387 g/mol. The SMILES string of the molecule is CCNC(=NCc1ccc(F)c(COC)c1)NCCc1cc(C)ccc1OC. The molecule has 0 unspecified atom stereocenters. The first-order valence-electron chi connectivity index (χ1n) is 9.49. The van der Waals surface area contributed by atoms with Gasteiger partial charge in [-0.15, -0.1) is 0 Å². The van der Waals surface area contributed by atoms with Gasteiger partial charge in [-0.1, -0.05) is 23.8 Å². The average Bonchev–Trinajstić information content (AvgIpc) is 2.68. The average molecular weight is 387 g/mol. The summed E-state index contributed by atoms with van der Waals surface area (Å²) >= 11 is 0. The summed E-state index contributed by atoms with van der Waals surface area (Å²) in [7, 11) is 3.24. The number of ether oxygens (including phenoxy) is 2. The van der Waals surface area contributed by atoms with Gasteiger partial charge in [-0.05, 0) is 49.6 Å². The number of nitrogens with zero attached hydrogens (tertiary/aromatic N) is 1. The Morgan fingerprint density at radius 2 is 1.89 bits per heavy atom. The van der Waals surface area contributed by atoms with Crippen molar-refractivity contribution < 1.29 is 13.9 Å². The Kier molecular flexibility index (Phi) is 8.75. The Morgan fingerprint density at radius 1 is 1.07 bits per heavy atom. The molecule has 152 valence electrons. The fourth-order valence-electron chi connectivity index (χ4n) is 2.92. The molecule has 0 aromatic heterocycles. The Hall–Kier alpha value is -2.60. The van der Waals surface area contributed by atoms with E-state index in [1.165, 1.54) is 11.6 Å². The molecule has 0 aliphatic heterocycles. The van der Waals surface area contributed by atoms with Crippen LogP contribution in [0.25, 0.3) is 0 Å². The van der Waals surface area contributed by atoms with Gasteiger partial charge < -0.3 is 20.1 Å². The van der Waals surface area contributed by atoms with E-state index in [0.717, 1.165) is 42.3 Å². The fraction of sp³-hybridized carbons (Fsp3) is 0.409. The fourth-order valence-corrected chi connectivity index (χ4v) is 2.92. The molecule has 28 heavy (non-hydrogen) atoms. The van der Waals surface area contributed by atoms with Gasteiger partial charge in [-0.2, -0.15) is 0 Å². The van der Waals surface area contributed by atoms with E-state index in [0.29, 0.717) is 12.1 Å². The second-order valence-electron chi connectivity index (χ2n) is 6.55. The van der Waals surface area contributed by atoms with Crippen LogP contribution in [0.2, 0.25) is 0 Å². The van der Waals surface area contributed by atoms with Gasteiger partial charge >= 0.3 is 0 Å². The molecule has 0 saturated carbocycles. The van der Waals surface area contributed by atoms with Crippen LogP contribution in [0.15, 0.2) is 41.4 Å². The first-order chi connectivity index (χ1) is 13.6. The third kappa shape index (κ3) is 6.53. The van der Waals surface area contributed by atoms with Crippen LogP contribution in [-0.4, -0.2) is 33.3 Å². The lowest BCUT2D eigenvalue weighted by molar-refractivity contribution is 0.181. The van der Waals surface area contributed by atoms with Crippen molar-refractivity contribution in [2.75, 3.05) is 27.3 Å². The molecular weight excluding hydrogens is 357 g/mol. The molecule has 5 nitrogen and oxygen atoms in total. The molecule has 0 amide bonds. The lowest BCUT2D eigenvalue weighted by Gasteiger charge is -2.13. The number of hydrogen-bond acceptors (Lipinski definition) is 3. The molecule has 0 atom stereocenters. The molecule has 0 radical (unpaired) electrons. The highest BCUT2D eigenvalue weighted by atomic mass is 19.1. The van der Waals surface area contributed by atoms with Crippen molar-refractivity contribution in [2.45, 2.75) is 33.4 Å². The van der Waals surface area contributed by atoms with Crippen molar-refractivity contribution in [3.8, 4) is 5.75 Å². The van der Waals surface area contributed by atoms with Crippen LogP contribution in [0.3, 0.4) is 0 Å². The minimum Gasteiger partial charge on any atom is -0.496 e. The molecule has 2 aromatic rings. The van der Waals surface area contributed by atoms with E-state index in [1.54, 1.807) is 26.4 Å². The maximum absolute atomic E-state index is 13.7. The van der Waals surface area contributed by atoms with Crippen molar-refractivity contribution in [1.29, 1.82) is 0 Å². The molecule has 0 spiro atoms. The number of aliphatic imine (C=N–C) groups is 1. The van der Waals surface area contributed by atoms with Gasteiger partial charge in [-0.3, -0.25) is 0 Å². The van der Waals surface area contributed by atoms with Gasteiger partial charge in [0, 0.05) is 25.8 Å². The summed E-state index contributed by atoms with van der Waals surface area (Å²) in [5.41, 5.74) is 3.85. The van der Waals surface area contributed by atoms with Crippen LogP contribution < -0.4 is 15.4 Å². The van der Waals surface area contributed by atoms with Crippen molar-refractivity contribution in [1.82, 2.24) is 10.6 Å². The van der Waals surface area contributed by atoms with Crippen molar-refractivity contribution >= 4 is 5.96 Å². The van der Waals surface area contributed by atoms with Gasteiger partial charge in [0.15, 0.2) is 5.96 Å². The summed E-state index contributed by atoms with van der Waals surface area (Å²) in [5.74, 6) is 1.37. The Balaban J connectivity index is 1.99. The highest BCUT2D eigenvalue weighted by Gasteiger charge is 2.06. The summed E-state index contributed by atoms with van der Waals surface area (Å²) in [6, 6.07) is 11.2. The Labute approximate surface area is 167 Å². The summed E-state index contributed by atoms with van der Waals surface area (Å²) in [4.78, 5) is 4.61. The van der Waals surface area contributed by atoms with Crippen molar-refractivity contribution in [3.63, 3.8) is 0 Å². The number of halogens is 1. The lowest BCUT2D eigenvalue weighted by atomic mass is 10.1. The molecule has 0 aliphatic rings. The van der Waals surface area contributed by atoms with Crippen LogP contribution >= 0.6 is 0 Å². The lowest BCUT2D eigenvalue weighted by Crippen LogP contribution is -2.38. The molecule has 2 aromatic carbocycles. The molecule has 0 heterocycles. The highest BCUT2D eigenvalue weighted by molar-refractivity contribution is 5.79. The van der Waals surface area contributed by atoms with E-state index in [1.807, 2.05) is 19.1 Å². The smallest absolute Gasteiger partial charge is 0.191 e. The van der Waals surface area contributed by atoms with Crippen LogP contribution in [0, 0.1) is 12.7 Å². The minimum atomic E-state index is -0.258. The number of aryl methyl sites for hydroxylation is 1. The van der Waals surface area contributed by atoms with Gasteiger partial charge in [0.1, 0.15) is 11.6 Å². The topological polar surface area (TPSA) is 54.9 Å². The first kappa shape index (κ1) is 21.7. The van der Waals surface area contributed by atoms with Gasteiger partial charge in [0.2, 0.25) is 0 Å². The Bertz CT molecular complexity index is 793. The summed E-state index contributed by atoms with van der Waals surface area (Å²) in [5, 5.41) is 6.59. The molecule has 0 bridgehead atoms. The summed E-state index contributed by atoms with van der Waals surface area (Å²) in [6.07, 6.45) is 0.823. The molecule has 0 fully saturated rings. The molecule has 2 rings (SSSR count). The van der Waals surface area contributed by atoms with Gasteiger partial charge in [-0.25, -0.2) is 9.38 Å². The zero-order chi connectivity index (χ0) is 20.4. The van der Waals surface area contributed by atoms with E-state index >= 15 is 0 Å². The van der Waals surface area contributed by atoms with E-state index < -0.39 is 0 Å². The molecular formula is C22H30FN3O2. The molecule has 0 saturated heterocycles. The maximum Gasteiger partial charge on any atom is 0.191 e. The zero-order valence-corrected chi connectivity index (χ0v) is 17.1. The predicted octanol–water partition coefficient (Wildman–Crippen LogP) is 3.59. The van der Waals surface area contributed by atoms with E-state index in [9.17, 15) is 4.39 Å². The van der Waals surface area contributed by atoms with Crippen LogP contribution in [0.1, 0.15) is 29.2 Å². The predicted molar refractivity (Wildman–Crippen MR) is 111 cm³/mol. The summed E-state index contributed by atoms with van der Waals surface area (Å²) < 4.78 is 24.2. The van der Waals surface area contributed by atoms with Gasteiger partial charge in [0.05, 0.1) is 20.3 Å². The third-order valence-electron chi connectivity index (χ3n) is 4.30. The number of guanidine groups is 1. The highest BCUT2D eigenvalue weighted by Crippen LogP contribution is 2.19. The molecule has 0 aliphatic carbocycles. The largest absolute Gasteiger partial charge is 0.496 e. The van der Waals surface area contributed by atoms with E-state index in [4.69, 9.17) is 9.47 Å².